The van der Waals surface area contributed by atoms with Crippen LogP contribution in [0.5, 0.6) is 5.75 Å². The summed E-state index contributed by atoms with van der Waals surface area (Å²) in [5, 5.41) is 9.89. The molecule has 86 valence electrons. The fraction of sp³-hybridized carbons (Fsp3) is 0.300. The largest absolute Gasteiger partial charge is 0.491 e. The first-order valence-electron chi connectivity index (χ1n) is 4.38. The van der Waals surface area contributed by atoms with E-state index >= 15 is 0 Å². The third-order valence-electron chi connectivity index (χ3n) is 1.76. The Kier molecular flexibility index (Phi) is 6.34. The van der Waals surface area contributed by atoms with Crippen LogP contribution in [0.4, 0.5) is 0 Å². The van der Waals surface area contributed by atoms with Gasteiger partial charge in [-0.2, -0.15) is 5.26 Å². The maximum Gasteiger partial charge on any atom is 0.149 e. The zero-order chi connectivity index (χ0) is 12.1. The first-order chi connectivity index (χ1) is 7.61. The van der Waals surface area contributed by atoms with Crippen molar-refractivity contribution in [3.05, 3.63) is 25.0 Å². The van der Waals surface area contributed by atoms with E-state index in [1.165, 1.54) is 0 Å². The fourth-order valence-electron chi connectivity index (χ4n) is 1.04. The normalized spacial score (nSPS) is 9.94. The molecule has 0 fully saturated rings. The smallest absolute Gasteiger partial charge is 0.149 e. The van der Waals surface area contributed by atoms with E-state index in [4.69, 9.17) is 10.00 Å². The minimum atomic E-state index is 0.539. The van der Waals surface area contributed by atoms with Crippen LogP contribution >= 0.6 is 63.7 Å². The lowest BCUT2D eigenvalue weighted by molar-refractivity contribution is 0.315. The molecule has 2 nitrogen and oxygen atoms in total. The van der Waals surface area contributed by atoms with Gasteiger partial charge in [0.05, 0.1) is 21.1 Å². The molecule has 0 bridgehead atoms. The quantitative estimate of drug-likeness (QED) is 0.452. The molecular weight excluding hydrogens is 470 g/mol. The van der Waals surface area contributed by atoms with E-state index in [0.29, 0.717) is 22.4 Å². The molecule has 1 aromatic carbocycles. The van der Waals surface area contributed by atoms with Crippen molar-refractivity contribution in [1.82, 2.24) is 0 Å². The number of hydrogen-bond acceptors (Lipinski definition) is 2. The predicted molar refractivity (Wildman–Crippen MR) is 78.2 cm³/mol. The van der Waals surface area contributed by atoms with Crippen molar-refractivity contribution < 1.29 is 4.74 Å². The highest BCUT2D eigenvalue weighted by Gasteiger charge is 2.14. The molecule has 1 aromatic rings. The molecule has 0 aromatic heterocycles. The van der Waals surface area contributed by atoms with Gasteiger partial charge in [-0.3, -0.25) is 0 Å². The van der Waals surface area contributed by atoms with Crippen molar-refractivity contribution in [2.24, 2.45) is 0 Å². The Labute approximate surface area is 128 Å². The lowest BCUT2D eigenvalue weighted by Gasteiger charge is -2.11. The van der Waals surface area contributed by atoms with Crippen LogP contribution in [0.15, 0.2) is 19.5 Å². The highest BCUT2D eigenvalue weighted by Crippen LogP contribution is 2.39. The van der Waals surface area contributed by atoms with Crippen molar-refractivity contribution in [1.29, 1.82) is 5.26 Å². The molecule has 0 unspecified atom stereocenters. The average Bonchev–Trinajstić information content (AvgIpc) is 2.23. The minimum absolute atomic E-state index is 0.539. The third-order valence-corrected chi connectivity index (χ3v) is 4.30. The summed E-state index contributed by atoms with van der Waals surface area (Å²) in [6, 6.07) is 3.93. The molecule has 0 spiro atoms. The van der Waals surface area contributed by atoms with Gasteiger partial charge in [0.2, 0.25) is 0 Å². The van der Waals surface area contributed by atoms with E-state index < -0.39 is 0 Å². The summed E-state index contributed by atoms with van der Waals surface area (Å²) >= 11 is 13.4. The number of alkyl halides is 1. The summed E-state index contributed by atoms with van der Waals surface area (Å²) in [5.41, 5.74) is 0.539. The third kappa shape index (κ3) is 3.46. The van der Waals surface area contributed by atoms with Crippen LogP contribution in [0.25, 0.3) is 0 Å². The molecule has 0 saturated carbocycles. The van der Waals surface area contributed by atoms with Gasteiger partial charge in [0.1, 0.15) is 11.8 Å². The minimum Gasteiger partial charge on any atom is -0.491 e. The van der Waals surface area contributed by atoms with Crippen LogP contribution in [0.1, 0.15) is 12.0 Å². The summed E-state index contributed by atoms with van der Waals surface area (Å²) < 4.78 is 7.84. The van der Waals surface area contributed by atoms with E-state index in [1.54, 1.807) is 0 Å². The SMILES string of the molecule is N#Cc1c(Br)cc(Br)c(OCCCBr)c1Br. The van der Waals surface area contributed by atoms with E-state index in [-0.39, 0.29) is 0 Å². The molecule has 0 saturated heterocycles. The maximum absolute atomic E-state index is 9.00. The maximum atomic E-state index is 9.00. The van der Waals surface area contributed by atoms with Crippen molar-refractivity contribution in [3.63, 3.8) is 0 Å². The van der Waals surface area contributed by atoms with Gasteiger partial charge >= 0.3 is 0 Å². The van der Waals surface area contributed by atoms with E-state index in [2.05, 4.69) is 69.8 Å². The average molecular weight is 477 g/mol. The van der Waals surface area contributed by atoms with Crippen LogP contribution < -0.4 is 4.74 Å². The number of nitriles is 1. The molecule has 0 aliphatic carbocycles. The number of nitrogens with zero attached hydrogens (tertiary/aromatic N) is 1. The summed E-state index contributed by atoms with van der Waals surface area (Å²) in [5.74, 6) is 0.667. The summed E-state index contributed by atoms with van der Waals surface area (Å²) in [4.78, 5) is 0. The zero-order valence-electron chi connectivity index (χ0n) is 8.07. The number of ether oxygens (including phenoxy) is 1. The zero-order valence-corrected chi connectivity index (χ0v) is 14.4. The molecule has 1 rings (SSSR count). The van der Waals surface area contributed by atoms with Crippen molar-refractivity contribution in [3.8, 4) is 11.8 Å². The van der Waals surface area contributed by atoms with Crippen LogP contribution in [-0.4, -0.2) is 11.9 Å². The highest BCUT2D eigenvalue weighted by atomic mass is 79.9. The Bertz CT molecular complexity index is 428. The van der Waals surface area contributed by atoms with Crippen molar-refractivity contribution in [2.75, 3.05) is 11.9 Å². The van der Waals surface area contributed by atoms with Gasteiger partial charge in [-0.15, -0.1) is 0 Å². The Morgan fingerprint density at radius 1 is 1.25 bits per heavy atom. The fourth-order valence-corrected chi connectivity index (χ4v) is 3.79. The molecule has 6 heteroatoms. The molecule has 0 radical (unpaired) electrons. The van der Waals surface area contributed by atoms with Gasteiger partial charge in [-0.05, 0) is 60.3 Å². The van der Waals surface area contributed by atoms with Crippen LogP contribution in [0.2, 0.25) is 0 Å². The number of benzene rings is 1. The Balaban J connectivity index is 3.04. The lowest BCUT2D eigenvalue weighted by Crippen LogP contribution is -2.00. The topological polar surface area (TPSA) is 33.0 Å². The lowest BCUT2D eigenvalue weighted by atomic mass is 10.2. The number of hydrogen-bond donors (Lipinski definition) is 0. The molecule has 0 aliphatic rings. The van der Waals surface area contributed by atoms with Gasteiger partial charge < -0.3 is 4.74 Å². The second-order valence-electron chi connectivity index (χ2n) is 2.86. The van der Waals surface area contributed by atoms with E-state index in [0.717, 1.165) is 20.7 Å². The predicted octanol–water partition coefficient (Wildman–Crippen LogP) is 5.01. The van der Waals surface area contributed by atoms with Gasteiger partial charge in [0.25, 0.3) is 0 Å². The first-order valence-corrected chi connectivity index (χ1v) is 7.88. The molecule has 0 atom stereocenters. The number of rotatable bonds is 4. The summed E-state index contributed by atoms with van der Waals surface area (Å²) in [6.45, 7) is 0.606. The standard InChI is InChI=1S/C10H7Br4NO/c11-2-1-3-16-10-8(13)4-7(12)6(5-15)9(10)14/h4H,1-3H2. The van der Waals surface area contributed by atoms with Gasteiger partial charge in [0.15, 0.2) is 0 Å². The molecule has 0 amide bonds. The van der Waals surface area contributed by atoms with Crippen LogP contribution in [0.3, 0.4) is 0 Å². The molecule has 0 aliphatic heterocycles. The van der Waals surface area contributed by atoms with Crippen molar-refractivity contribution >= 4 is 63.7 Å². The Hall–Kier alpha value is 0.430. The van der Waals surface area contributed by atoms with Crippen LogP contribution in [0, 0.1) is 11.3 Å². The first kappa shape index (κ1) is 14.5. The summed E-state index contributed by atoms with van der Waals surface area (Å²) in [7, 11) is 0. The van der Waals surface area contributed by atoms with Crippen molar-refractivity contribution in [2.45, 2.75) is 6.42 Å². The van der Waals surface area contributed by atoms with Crippen LogP contribution in [-0.2, 0) is 0 Å². The highest BCUT2D eigenvalue weighted by molar-refractivity contribution is 9.11. The van der Waals surface area contributed by atoms with Gasteiger partial charge in [0, 0.05) is 9.80 Å². The van der Waals surface area contributed by atoms with Gasteiger partial charge in [-0.1, -0.05) is 15.9 Å². The van der Waals surface area contributed by atoms with E-state index in [9.17, 15) is 0 Å². The molecule has 0 N–H and O–H groups in total. The second-order valence-corrected chi connectivity index (χ2v) is 6.16. The monoisotopic (exact) mass is 473 g/mol. The Morgan fingerprint density at radius 3 is 2.50 bits per heavy atom. The Morgan fingerprint density at radius 2 is 1.94 bits per heavy atom. The number of halogens is 4. The molecule has 16 heavy (non-hydrogen) atoms. The molecular formula is C10H7Br4NO. The second kappa shape index (κ2) is 7.00. The van der Waals surface area contributed by atoms with Gasteiger partial charge in [-0.25, -0.2) is 0 Å². The summed E-state index contributed by atoms with van der Waals surface area (Å²) in [6.07, 6.45) is 0.914. The molecule has 0 heterocycles. The van der Waals surface area contributed by atoms with E-state index in [1.807, 2.05) is 6.07 Å².